The number of carbonyl (C=O) groups excluding carboxylic acids is 1. The van der Waals surface area contributed by atoms with Crippen molar-refractivity contribution >= 4 is 11.5 Å². The van der Waals surface area contributed by atoms with Gasteiger partial charge in [-0.25, -0.2) is 0 Å². The van der Waals surface area contributed by atoms with Gasteiger partial charge in [-0.15, -0.1) is 0 Å². The summed E-state index contributed by atoms with van der Waals surface area (Å²) in [7, 11) is 0. The molecule has 0 fully saturated rings. The average molecular weight is 175 g/mol. The molecule has 0 saturated carbocycles. The first kappa shape index (κ1) is 8.87. The monoisotopic (exact) mass is 175 g/mol. The summed E-state index contributed by atoms with van der Waals surface area (Å²) < 4.78 is 0. The molecule has 5 heteroatoms. The van der Waals surface area contributed by atoms with Crippen LogP contribution in [-0.2, 0) is 0 Å². The number of Topliss-reactive ketones (excluding diaryl/α,β-unsaturated/α-hetero) is 1. The molecule has 5 nitrogen and oxygen atoms in total. The molecule has 13 heavy (non-hydrogen) atoms. The SMILES string of the molecule is N#C/C(=N\O)C(=O)c1ccncc1. The van der Waals surface area contributed by atoms with E-state index in [9.17, 15) is 4.79 Å². The molecule has 0 unspecified atom stereocenters. The number of rotatable bonds is 2. The Morgan fingerprint density at radius 1 is 1.54 bits per heavy atom. The number of hydrogen-bond acceptors (Lipinski definition) is 5. The van der Waals surface area contributed by atoms with E-state index in [0.29, 0.717) is 0 Å². The lowest BCUT2D eigenvalue weighted by atomic mass is 10.1. The van der Waals surface area contributed by atoms with Crippen LogP contribution in [0, 0.1) is 11.3 Å². The van der Waals surface area contributed by atoms with E-state index in [2.05, 4.69) is 10.1 Å². The largest absolute Gasteiger partial charge is 0.410 e. The predicted molar refractivity (Wildman–Crippen MR) is 43.4 cm³/mol. The summed E-state index contributed by atoms with van der Waals surface area (Å²) in [6.45, 7) is 0. The maximum Gasteiger partial charge on any atom is 0.227 e. The van der Waals surface area contributed by atoms with Crippen molar-refractivity contribution in [3.63, 3.8) is 0 Å². The Morgan fingerprint density at radius 2 is 2.15 bits per heavy atom. The molecule has 1 N–H and O–H groups in total. The molecule has 0 aromatic carbocycles. The van der Waals surface area contributed by atoms with Gasteiger partial charge in [0.25, 0.3) is 0 Å². The predicted octanol–water partition coefficient (Wildman–Crippen LogP) is 0.618. The van der Waals surface area contributed by atoms with E-state index in [0.717, 1.165) is 0 Å². The maximum absolute atomic E-state index is 11.3. The third-order valence-corrected chi connectivity index (χ3v) is 1.36. The highest BCUT2D eigenvalue weighted by atomic mass is 16.4. The van der Waals surface area contributed by atoms with Crippen molar-refractivity contribution < 1.29 is 10.0 Å². The van der Waals surface area contributed by atoms with E-state index in [4.69, 9.17) is 10.5 Å². The summed E-state index contributed by atoms with van der Waals surface area (Å²) in [5.41, 5.74) is -0.268. The fourth-order valence-electron chi connectivity index (χ4n) is 0.759. The molecule has 0 radical (unpaired) electrons. The average Bonchev–Trinajstić information content (AvgIpc) is 2.21. The minimum atomic E-state index is -0.618. The molecular weight excluding hydrogens is 170 g/mol. The normalized spacial score (nSPS) is 10.5. The Hall–Kier alpha value is -2.22. The lowest BCUT2D eigenvalue weighted by molar-refractivity contribution is 0.106. The standard InChI is InChI=1S/C8H5N3O2/c9-5-7(11-13)8(12)6-1-3-10-4-2-6/h1-4,13H/b11-7+. The zero-order valence-corrected chi connectivity index (χ0v) is 6.51. The van der Waals surface area contributed by atoms with Crippen LogP contribution < -0.4 is 0 Å². The third-order valence-electron chi connectivity index (χ3n) is 1.36. The number of ketones is 1. The van der Waals surface area contributed by atoms with Crippen LogP contribution in [0.5, 0.6) is 0 Å². The molecule has 0 bridgehead atoms. The number of hydrogen-bond donors (Lipinski definition) is 1. The smallest absolute Gasteiger partial charge is 0.227 e. The zero-order chi connectivity index (χ0) is 9.68. The molecular formula is C8H5N3O2. The summed E-state index contributed by atoms with van der Waals surface area (Å²) in [5, 5.41) is 19.2. The number of carbonyl (C=O) groups is 1. The Kier molecular flexibility index (Phi) is 2.71. The summed E-state index contributed by atoms with van der Waals surface area (Å²) in [5.74, 6) is -0.618. The van der Waals surface area contributed by atoms with Crippen LogP contribution in [-0.4, -0.2) is 21.7 Å². The van der Waals surface area contributed by atoms with Crippen LogP contribution in [0.4, 0.5) is 0 Å². The Morgan fingerprint density at radius 3 is 2.62 bits per heavy atom. The number of nitriles is 1. The molecule has 0 atom stereocenters. The minimum absolute atomic E-state index is 0.268. The number of aromatic nitrogens is 1. The Balaban J connectivity index is 3.01. The van der Waals surface area contributed by atoms with Gasteiger partial charge in [0.2, 0.25) is 11.5 Å². The quantitative estimate of drug-likeness (QED) is 0.309. The van der Waals surface area contributed by atoms with Crippen molar-refractivity contribution in [2.45, 2.75) is 0 Å². The molecule has 0 amide bonds. The zero-order valence-electron chi connectivity index (χ0n) is 6.51. The lowest BCUT2D eigenvalue weighted by Gasteiger charge is -1.94. The molecule has 1 aromatic heterocycles. The summed E-state index contributed by atoms with van der Waals surface area (Å²) in [6, 6.07) is 4.35. The fraction of sp³-hybridized carbons (Fsp3) is 0. The van der Waals surface area contributed by atoms with Crippen molar-refractivity contribution in [2.75, 3.05) is 0 Å². The number of pyridine rings is 1. The van der Waals surface area contributed by atoms with Gasteiger partial charge < -0.3 is 5.21 Å². The van der Waals surface area contributed by atoms with Crippen LogP contribution >= 0.6 is 0 Å². The van der Waals surface area contributed by atoms with E-state index in [-0.39, 0.29) is 5.56 Å². The highest BCUT2D eigenvalue weighted by Gasteiger charge is 2.13. The van der Waals surface area contributed by atoms with E-state index >= 15 is 0 Å². The van der Waals surface area contributed by atoms with Crippen molar-refractivity contribution in [3.8, 4) is 6.07 Å². The van der Waals surface area contributed by atoms with Gasteiger partial charge in [0.1, 0.15) is 6.07 Å². The van der Waals surface area contributed by atoms with Crippen LogP contribution in [0.25, 0.3) is 0 Å². The first-order valence-corrected chi connectivity index (χ1v) is 3.36. The van der Waals surface area contributed by atoms with Crippen molar-refractivity contribution in [2.24, 2.45) is 5.16 Å². The van der Waals surface area contributed by atoms with Crippen molar-refractivity contribution in [1.82, 2.24) is 4.98 Å². The maximum atomic E-state index is 11.3. The van der Waals surface area contributed by atoms with Gasteiger partial charge in [0, 0.05) is 18.0 Å². The summed E-state index contributed by atoms with van der Waals surface area (Å²) in [4.78, 5) is 15.0. The van der Waals surface area contributed by atoms with Crippen LogP contribution in [0.3, 0.4) is 0 Å². The fourth-order valence-corrected chi connectivity index (χ4v) is 0.759. The Bertz CT molecular complexity index is 378. The van der Waals surface area contributed by atoms with Gasteiger partial charge in [-0.3, -0.25) is 9.78 Å². The topological polar surface area (TPSA) is 86.3 Å². The lowest BCUT2D eigenvalue weighted by Crippen LogP contribution is -2.12. The van der Waals surface area contributed by atoms with E-state index in [1.165, 1.54) is 30.6 Å². The minimum Gasteiger partial charge on any atom is -0.410 e. The van der Waals surface area contributed by atoms with E-state index in [1.54, 1.807) is 0 Å². The van der Waals surface area contributed by atoms with Gasteiger partial charge in [-0.05, 0) is 12.1 Å². The third kappa shape index (κ3) is 1.87. The molecule has 1 aromatic rings. The summed E-state index contributed by atoms with van der Waals surface area (Å²) >= 11 is 0. The molecule has 0 saturated heterocycles. The van der Waals surface area contributed by atoms with E-state index < -0.39 is 11.5 Å². The van der Waals surface area contributed by atoms with Crippen LogP contribution in [0.1, 0.15) is 10.4 Å². The van der Waals surface area contributed by atoms with Gasteiger partial charge >= 0.3 is 0 Å². The number of nitrogens with zero attached hydrogens (tertiary/aromatic N) is 3. The summed E-state index contributed by atoms with van der Waals surface area (Å²) in [6.07, 6.45) is 2.83. The first-order valence-electron chi connectivity index (χ1n) is 3.36. The van der Waals surface area contributed by atoms with Gasteiger partial charge in [0.05, 0.1) is 0 Å². The van der Waals surface area contributed by atoms with Crippen LogP contribution in [0.15, 0.2) is 29.7 Å². The van der Waals surface area contributed by atoms with Crippen molar-refractivity contribution in [3.05, 3.63) is 30.1 Å². The van der Waals surface area contributed by atoms with Crippen molar-refractivity contribution in [1.29, 1.82) is 5.26 Å². The second kappa shape index (κ2) is 3.97. The van der Waals surface area contributed by atoms with Gasteiger partial charge in [0.15, 0.2) is 0 Å². The van der Waals surface area contributed by atoms with Gasteiger partial charge in [-0.2, -0.15) is 5.26 Å². The number of oxime groups is 1. The molecule has 1 rings (SSSR count). The molecule has 0 aliphatic heterocycles. The molecule has 0 aliphatic carbocycles. The second-order valence-electron chi connectivity index (χ2n) is 2.13. The molecule has 1 heterocycles. The Labute approximate surface area is 73.9 Å². The molecule has 0 spiro atoms. The highest BCUT2D eigenvalue weighted by Crippen LogP contribution is 1.99. The molecule has 0 aliphatic rings. The molecule has 64 valence electrons. The van der Waals surface area contributed by atoms with Gasteiger partial charge in [-0.1, -0.05) is 5.16 Å². The first-order chi connectivity index (χ1) is 6.29. The van der Waals surface area contributed by atoms with E-state index in [1.807, 2.05) is 0 Å². The second-order valence-corrected chi connectivity index (χ2v) is 2.13. The highest BCUT2D eigenvalue weighted by molar-refractivity contribution is 6.51. The van der Waals surface area contributed by atoms with Crippen LogP contribution in [0.2, 0.25) is 0 Å².